The number of hydrogen-bond acceptors (Lipinski definition) is 3. The number of aromatic amines is 1. The SMILES string of the molecule is COc1ccc(C=O)cc1Cc1c(C)n[nH]c1C.Cl. The molecule has 0 amide bonds. The summed E-state index contributed by atoms with van der Waals surface area (Å²) in [6.45, 7) is 3.96. The number of carbonyl (C=O) groups is 1. The van der Waals surface area contributed by atoms with Crippen LogP contribution in [0.5, 0.6) is 5.75 Å². The van der Waals surface area contributed by atoms with Gasteiger partial charge in [0.15, 0.2) is 0 Å². The van der Waals surface area contributed by atoms with Gasteiger partial charge in [-0.05, 0) is 37.6 Å². The van der Waals surface area contributed by atoms with Crippen molar-refractivity contribution in [2.24, 2.45) is 0 Å². The Morgan fingerprint density at radius 2 is 2.11 bits per heavy atom. The van der Waals surface area contributed by atoms with Crippen LogP contribution in [0.4, 0.5) is 0 Å². The molecule has 1 heterocycles. The number of aldehydes is 1. The normalized spacial score (nSPS) is 9.84. The second-order valence-electron chi connectivity index (χ2n) is 4.28. The highest BCUT2D eigenvalue weighted by Crippen LogP contribution is 2.24. The molecule has 1 N–H and O–H groups in total. The van der Waals surface area contributed by atoms with Crippen LogP contribution in [-0.4, -0.2) is 23.6 Å². The Morgan fingerprint density at radius 3 is 2.63 bits per heavy atom. The van der Waals surface area contributed by atoms with Crippen LogP contribution in [0.15, 0.2) is 18.2 Å². The zero-order chi connectivity index (χ0) is 13.1. The summed E-state index contributed by atoms with van der Waals surface area (Å²) in [7, 11) is 1.63. The summed E-state index contributed by atoms with van der Waals surface area (Å²) < 4.78 is 5.33. The van der Waals surface area contributed by atoms with E-state index in [2.05, 4.69) is 10.2 Å². The number of nitrogens with one attached hydrogen (secondary N) is 1. The molecule has 2 rings (SSSR count). The molecular formula is C14H17ClN2O2. The molecule has 0 saturated heterocycles. The van der Waals surface area contributed by atoms with Crippen LogP contribution in [-0.2, 0) is 6.42 Å². The van der Waals surface area contributed by atoms with Crippen LogP contribution in [0.25, 0.3) is 0 Å². The number of ether oxygens (including phenoxy) is 1. The molecule has 1 aromatic heterocycles. The van der Waals surface area contributed by atoms with Gasteiger partial charge in [0.05, 0.1) is 12.8 Å². The number of hydrogen-bond donors (Lipinski definition) is 1. The van der Waals surface area contributed by atoms with E-state index in [9.17, 15) is 4.79 Å². The minimum atomic E-state index is 0. The summed E-state index contributed by atoms with van der Waals surface area (Å²) in [6, 6.07) is 5.44. The van der Waals surface area contributed by atoms with Crippen molar-refractivity contribution in [1.29, 1.82) is 0 Å². The fourth-order valence-electron chi connectivity index (χ4n) is 2.03. The molecule has 0 unspecified atom stereocenters. The van der Waals surface area contributed by atoms with Gasteiger partial charge in [0, 0.05) is 23.2 Å². The third kappa shape index (κ3) is 3.15. The van der Waals surface area contributed by atoms with E-state index < -0.39 is 0 Å². The molecule has 0 aliphatic carbocycles. The summed E-state index contributed by atoms with van der Waals surface area (Å²) in [5.41, 5.74) is 4.83. The molecule has 0 aliphatic rings. The van der Waals surface area contributed by atoms with Gasteiger partial charge >= 0.3 is 0 Å². The van der Waals surface area contributed by atoms with Gasteiger partial charge in [-0.3, -0.25) is 9.89 Å². The van der Waals surface area contributed by atoms with Crippen LogP contribution >= 0.6 is 12.4 Å². The Bertz CT molecular complexity index is 559. The fraction of sp³-hybridized carbons (Fsp3) is 0.286. The first-order valence-electron chi connectivity index (χ1n) is 5.78. The summed E-state index contributed by atoms with van der Waals surface area (Å²) >= 11 is 0. The molecule has 0 radical (unpaired) electrons. The second-order valence-corrected chi connectivity index (χ2v) is 4.28. The first-order valence-corrected chi connectivity index (χ1v) is 5.78. The average molecular weight is 281 g/mol. The Hall–Kier alpha value is -1.81. The number of halogens is 1. The van der Waals surface area contributed by atoms with Crippen molar-refractivity contribution in [1.82, 2.24) is 10.2 Å². The van der Waals surface area contributed by atoms with Crippen molar-refractivity contribution in [3.63, 3.8) is 0 Å². The first-order chi connectivity index (χ1) is 8.65. The lowest BCUT2D eigenvalue weighted by Crippen LogP contribution is -1.97. The van der Waals surface area contributed by atoms with Crippen LogP contribution in [0.1, 0.15) is 32.9 Å². The van der Waals surface area contributed by atoms with Gasteiger partial charge in [-0.25, -0.2) is 0 Å². The van der Waals surface area contributed by atoms with E-state index in [4.69, 9.17) is 4.74 Å². The lowest BCUT2D eigenvalue weighted by atomic mass is 10.0. The van der Waals surface area contributed by atoms with Crippen molar-refractivity contribution in [3.8, 4) is 5.75 Å². The molecule has 0 aliphatic heterocycles. The zero-order valence-electron chi connectivity index (χ0n) is 11.2. The molecule has 2 aromatic rings. The van der Waals surface area contributed by atoms with Crippen LogP contribution < -0.4 is 4.74 Å². The van der Waals surface area contributed by atoms with Gasteiger partial charge in [0.1, 0.15) is 12.0 Å². The Balaban J connectivity index is 0.00000180. The van der Waals surface area contributed by atoms with Crippen molar-refractivity contribution >= 4 is 18.7 Å². The predicted molar refractivity (Wildman–Crippen MR) is 76.5 cm³/mol. The third-order valence-corrected chi connectivity index (χ3v) is 3.09. The number of nitrogens with zero attached hydrogens (tertiary/aromatic N) is 1. The number of rotatable bonds is 4. The topological polar surface area (TPSA) is 55.0 Å². The van der Waals surface area contributed by atoms with Gasteiger partial charge in [0.2, 0.25) is 0 Å². The zero-order valence-corrected chi connectivity index (χ0v) is 12.0. The van der Waals surface area contributed by atoms with Gasteiger partial charge < -0.3 is 4.74 Å². The largest absolute Gasteiger partial charge is 0.496 e. The summed E-state index contributed by atoms with van der Waals surface area (Å²) in [4.78, 5) is 10.8. The maximum Gasteiger partial charge on any atom is 0.150 e. The number of methoxy groups -OCH3 is 1. The maximum atomic E-state index is 10.8. The molecule has 0 fully saturated rings. The molecule has 0 spiro atoms. The number of H-pyrrole nitrogens is 1. The average Bonchev–Trinajstić information content (AvgIpc) is 2.70. The Labute approximate surface area is 118 Å². The van der Waals surface area contributed by atoms with E-state index in [-0.39, 0.29) is 12.4 Å². The smallest absolute Gasteiger partial charge is 0.150 e. The fourth-order valence-corrected chi connectivity index (χ4v) is 2.03. The van der Waals surface area contributed by atoms with Gasteiger partial charge in [-0.15, -0.1) is 12.4 Å². The molecule has 4 nitrogen and oxygen atoms in total. The lowest BCUT2D eigenvalue weighted by molar-refractivity contribution is 0.112. The van der Waals surface area contributed by atoms with Crippen molar-refractivity contribution in [3.05, 3.63) is 46.3 Å². The van der Waals surface area contributed by atoms with Crippen LogP contribution in [0, 0.1) is 13.8 Å². The van der Waals surface area contributed by atoms with Gasteiger partial charge in [-0.2, -0.15) is 5.10 Å². The Morgan fingerprint density at radius 1 is 1.37 bits per heavy atom. The molecule has 1 aromatic carbocycles. The number of benzene rings is 1. The number of carbonyl (C=O) groups excluding carboxylic acids is 1. The maximum absolute atomic E-state index is 10.8. The summed E-state index contributed by atoms with van der Waals surface area (Å²) in [6.07, 6.45) is 1.55. The van der Waals surface area contributed by atoms with Crippen molar-refractivity contribution in [2.75, 3.05) is 7.11 Å². The molecular weight excluding hydrogens is 264 g/mol. The molecule has 19 heavy (non-hydrogen) atoms. The molecule has 5 heteroatoms. The molecule has 102 valence electrons. The summed E-state index contributed by atoms with van der Waals surface area (Å²) in [5, 5.41) is 7.14. The molecule has 0 bridgehead atoms. The van der Waals surface area contributed by atoms with Crippen LogP contribution in [0.3, 0.4) is 0 Å². The van der Waals surface area contributed by atoms with Crippen molar-refractivity contribution < 1.29 is 9.53 Å². The molecule has 0 saturated carbocycles. The van der Waals surface area contributed by atoms with Crippen LogP contribution in [0.2, 0.25) is 0 Å². The van der Waals surface area contributed by atoms with Crippen molar-refractivity contribution in [2.45, 2.75) is 20.3 Å². The van der Waals surface area contributed by atoms with E-state index >= 15 is 0 Å². The van der Waals surface area contributed by atoms with Gasteiger partial charge in [0.25, 0.3) is 0 Å². The second kappa shape index (κ2) is 6.38. The third-order valence-electron chi connectivity index (χ3n) is 3.09. The minimum Gasteiger partial charge on any atom is -0.496 e. The summed E-state index contributed by atoms with van der Waals surface area (Å²) in [5.74, 6) is 0.792. The highest BCUT2D eigenvalue weighted by atomic mass is 35.5. The van der Waals surface area contributed by atoms with E-state index in [0.29, 0.717) is 12.0 Å². The molecule has 0 atom stereocenters. The quantitative estimate of drug-likeness (QED) is 0.876. The first kappa shape index (κ1) is 15.2. The van der Waals surface area contributed by atoms with E-state index in [1.165, 1.54) is 0 Å². The number of aromatic nitrogens is 2. The highest BCUT2D eigenvalue weighted by Gasteiger charge is 2.11. The lowest BCUT2D eigenvalue weighted by Gasteiger charge is -2.09. The number of aryl methyl sites for hydroxylation is 2. The predicted octanol–water partition coefficient (Wildman–Crippen LogP) is 2.86. The monoisotopic (exact) mass is 280 g/mol. The Kier molecular flexibility index (Phi) is 5.12. The highest BCUT2D eigenvalue weighted by molar-refractivity contribution is 5.85. The standard InChI is InChI=1S/C14H16N2O2.ClH/c1-9-13(10(2)16-15-9)7-12-6-11(8-17)4-5-14(12)18-3;/h4-6,8H,7H2,1-3H3,(H,15,16);1H. The van der Waals surface area contributed by atoms with Gasteiger partial charge in [-0.1, -0.05) is 0 Å². The van der Waals surface area contributed by atoms with E-state index in [1.807, 2.05) is 26.0 Å². The van der Waals surface area contributed by atoms with E-state index in [0.717, 1.165) is 34.6 Å². The van der Waals surface area contributed by atoms with E-state index in [1.54, 1.807) is 13.2 Å². The minimum absolute atomic E-state index is 0.